The van der Waals surface area contributed by atoms with Gasteiger partial charge in [0.2, 0.25) is 5.91 Å². The van der Waals surface area contributed by atoms with Crippen molar-refractivity contribution in [3.8, 4) is 0 Å². The van der Waals surface area contributed by atoms with Crippen molar-refractivity contribution < 1.29 is 4.79 Å². The van der Waals surface area contributed by atoms with Gasteiger partial charge in [0.05, 0.1) is 18.0 Å². The van der Waals surface area contributed by atoms with Crippen molar-refractivity contribution in [3.63, 3.8) is 0 Å². The number of thioether (sulfide) groups is 1. The van der Waals surface area contributed by atoms with Crippen LogP contribution in [0, 0.1) is 20.8 Å². The van der Waals surface area contributed by atoms with Crippen LogP contribution in [0.5, 0.6) is 0 Å². The summed E-state index contributed by atoms with van der Waals surface area (Å²) in [5.74, 6) is 0.117. The van der Waals surface area contributed by atoms with Crippen LogP contribution in [0.3, 0.4) is 0 Å². The summed E-state index contributed by atoms with van der Waals surface area (Å²) in [7, 11) is 0. The van der Waals surface area contributed by atoms with Crippen molar-refractivity contribution in [1.29, 1.82) is 0 Å². The molecule has 1 unspecified atom stereocenters. The smallest absolute Gasteiger partial charge is 0.242 e. The van der Waals surface area contributed by atoms with Crippen LogP contribution in [0.15, 0.2) is 52.7 Å². The molecule has 0 aromatic heterocycles. The van der Waals surface area contributed by atoms with Gasteiger partial charge in [-0.3, -0.25) is 9.69 Å². The third kappa shape index (κ3) is 4.48. The molecule has 1 aliphatic rings. The van der Waals surface area contributed by atoms with Crippen LogP contribution in [0.4, 0.5) is 0 Å². The number of carbonyl (C=O) groups is 1. The minimum Gasteiger partial charge on any atom is -0.284 e. The number of nitrogens with zero attached hydrogens (tertiary/aromatic N) is 3. The molecule has 0 aliphatic carbocycles. The first-order valence-electron chi connectivity index (χ1n) is 9.20. The second kappa shape index (κ2) is 8.53. The highest BCUT2D eigenvalue weighted by Crippen LogP contribution is 2.31. The fourth-order valence-electron chi connectivity index (χ4n) is 3.06. The zero-order chi connectivity index (χ0) is 19.4. The fraction of sp³-hybridized carbons (Fsp3) is 0.318. The number of amides is 1. The van der Waals surface area contributed by atoms with Crippen LogP contribution in [0.25, 0.3) is 0 Å². The molecule has 0 N–H and O–H groups in total. The van der Waals surface area contributed by atoms with Crippen molar-refractivity contribution in [2.75, 3.05) is 0 Å². The van der Waals surface area contributed by atoms with E-state index < -0.39 is 0 Å². The minimum atomic E-state index is -0.0796. The van der Waals surface area contributed by atoms with Gasteiger partial charge in [0, 0.05) is 0 Å². The maximum Gasteiger partial charge on any atom is 0.242 e. The highest BCUT2D eigenvalue weighted by molar-refractivity contribution is 8.15. The Morgan fingerprint density at radius 3 is 2.59 bits per heavy atom. The fourth-order valence-corrected chi connectivity index (χ4v) is 4.08. The quantitative estimate of drug-likeness (QED) is 0.550. The van der Waals surface area contributed by atoms with E-state index in [-0.39, 0.29) is 11.2 Å². The number of amidine groups is 1. The van der Waals surface area contributed by atoms with Crippen molar-refractivity contribution in [2.24, 2.45) is 10.2 Å². The number of benzene rings is 2. The Bertz CT molecular complexity index is 904. The van der Waals surface area contributed by atoms with E-state index in [1.165, 1.54) is 22.9 Å². The third-order valence-corrected chi connectivity index (χ3v) is 6.08. The molecule has 140 valence electrons. The van der Waals surface area contributed by atoms with Gasteiger partial charge in [0.25, 0.3) is 0 Å². The molecule has 1 atom stereocenters. The molecule has 0 saturated carbocycles. The Labute approximate surface area is 165 Å². The lowest BCUT2D eigenvalue weighted by Crippen LogP contribution is -2.31. The average Bonchev–Trinajstić information content (AvgIpc) is 2.94. The molecule has 3 rings (SSSR count). The van der Waals surface area contributed by atoms with Crippen molar-refractivity contribution >= 4 is 29.1 Å². The SMILES string of the molecule is CCC1S/C(=N/N=C/c2ccc(C)cc2C)N(Cc2ccccc2C)C1=O. The highest BCUT2D eigenvalue weighted by Gasteiger charge is 2.37. The van der Waals surface area contributed by atoms with Crippen molar-refractivity contribution in [2.45, 2.75) is 45.9 Å². The number of carbonyl (C=O) groups excluding carboxylic acids is 1. The van der Waals surface area contributed by atoms with Gasteiger partial charge in [0.15, 0.2) is 5.17 Å². The number of aryl methyl sites for hydroxylation is 3. The highest BCUT2D eigenvalue weighted by atomic mass is 32.2. The molecule has 1 fully saturated rings. The number of hydrogen-bond donors (Lipinski definition) is 0. The van der Waals surface area contributed by atoms with Gasteiger partial charge in [-0.1, -0.05) is 66.7 Å². The largest absolute Gasteiger partial charge is 0.284 e. The average molecular weight is 380 g/mol. The summed E-state index contributed by atoms with van der Waals surface area (Å²) in [5.41, 5.74) is 5.74. The molecule has 1 amide bonds. The van der Waals surface area contributed by atoms with E-state index in [4.69, 9.17) is 0 Å². The molecular formula is C22H25N3OS. The van der Waals surface area contributed by atoms with Gasteiger partial charge >= 0.3 is 0 Å². The van der Waals surface area contributed by atoms with Crippen LogP contribution in [-0.4, -0.2) is 27.4 Å². The molecule has 0 spiro atoms. The lowest BCUT2D eigenvalue weighted by molar-refractivity contribution is -0.126. The summed E-state index contributed by atoms with van der Waals surface area (Å²) in [6, 6.07) is 14.4. The van der Waals surface area contributed by atoms with E-state index in [2.05, 4.69) is 55.2 Å². The van der Waals surface area contributed by atoms with E-state index in [0.717, 1.165) is 23.1 Å². The maximum atomic E-state index is 12.8. The Morgan fingerprint density at radius 2 is 1.89 bits per heavy atom. The lowest BCUT2D eigenvalue weighted by atomic mass is 10.1. The van der Waals surface area contributed by atoms with Crippen molar-refractivity contribution in [3.05, 3.63) is 70.3 Å². The lowest BCUT2D eigenvalue weighted by Gasteiger charge is -2.17. The molecule has 1 heterocycles. The van der Waals surface area contributed by atoms with Gasteiger partial charge in [-0.05, 0) is 49.4 Å². The van der Waals surface area contributed by atoms with Crippen LogP contribution in [-0.2, 0) is 11.3 Å². The van der Waals surface area contributed by atoms with Gasteiger partial charge in [-0.25, -0.2) is 0 Å². The molecular weight excluding hydrogens is 354 g/mol. The number of hydrogen-bond acceptors (Lipinski definition) is 4. The molecule has 1 saturated heterocycles. The van der Waals surface area contributed by atoms with Gasteiger partial charge < -0.3 is 0 Å². The first-order chi connectivity index (χ1) is 13.0. The molecule has 27 heavy (non-hydrogen) atoms. The van der Waals surface area contributed by atoms with Crippen LogP contribution in [0.1, 0.15) is 41.2 Å². The second-order valence-corrected chi connectivity index (χ2v) is 8.02. The summed E-state index contributed by atoms with van der Waals surface area (Å²) >= 11 is 1.51. The van der Waals surface area contributed by atoms with E-state index in [0.29, 0.717) is 11.7 Å². The Hall–Kier alpha value is -2.40. The zero-order valence-electron chi connectivity index (χ0n) is 16.3. The predicted molar refractivity (Wildman–Crippen MR) is 114 cm³/mol. The summed E-state index contributed by atoms with van der Waals surface area (Å²) in [5, 5.41) is 9.27. The summed E-state index contributed by atoms with van der Waals surface area (Å²) in [4.78, 5) is 14.5. The monoisotopic (exact) mass is 379 g/mol. The third-order valence-electron chi connectivity index (χ3n) is 4.75. The molecule has 0 radical (unpaired) electrons. The normalized spacial score (nSPS) is 18.8. The topological polar surface area (TPSA) is 45.0 Å². The summed E-state index contributed by atoms with van der Waals surface area (Å²) in [6.45, 7) is 8.77. The first-order valence-corrected chi connectivity index (χ1v) is 10.1. The first kappa shape index (κ1) is 19.4. The van der Waals surface area contributed by atoms with E-state index in [1.807, 2.05) is 25.1 Å². The van der Waals surface area contributed by atoms with E-state index in [1.54, 1.807) is 11.1 Å². The Kier molecular flexibility index (Phi) is 6.11. The number of rotatable bonds is 5. The zero-order valence-corrected chi connectivity index (χ0v) is 17.1. The summed E-state index contributed by atoms with van der Waals surface area (Å²) in [6.07, 6.45) is 2.55. The van der Waals surface area contributed by atoms with Crippen LogP contribution in [0.2, 0.25) is 0 Å². The van der Waals surface area contributed by atoms with Crippen LogP contribution < -0.4 is 0 Å². The molecule has 0 bridgehead atoms. The standard InChI is InChI=1S/C22H25N3OS/c1-5-20-21(26)25(14-19-9-7-6-8-16(19)3)22(27-20)24-23-13-18-11-10-15(2)12-17(18)4/h6-13,20H,5,14H2,1-4H3/b23-13+,24-22+. The van der Waals surface area contributed by atoms with Crippen LogP contribution >= 0.6 is 11.8 Å². The molecule has 5 heteroatoms. The van der Waals surface area contributed by atoms with Crippen molar-refractivity contribution in [1.82, 2.24) is 4.90 Å². The molecule has 1 aliphatic heterocycles. The van der Waals surface area contributed by atoms with E-state index in [9.17, 15) is 4.79 Å². The van der Waals surface area contributed by atoms with Gasteiger partial charge in [-0.15, -0.1) is 5.10 Å². The van der Waals surface area contributed by atoms with E-state index >= 15 is 0 Å². The molecule has 4 nitrogen and oxygen atoms in total. The predicted octanol–water partition coefficient (Wildman–Crippen LogP) is 4.86. The Morgan fingerprint density at radius 1 is 1.11 bits per heavy atom. The molecule has 2 aromatic rings. The maximum absolute atomic E-state index is 12.8. The summed E-state index contributed by atoms with van der Waals surface area (Å²) < 4.78 is 0. The minimum absolute atomic E-state index is 0.0796. The van der Waals surface area contributed by atoms with Gasteiger partial charge in [0.1, 0.15) is 0 Å². The Balaban J connectivity index is 1.84. The second-order valence-electron chi connectivity index (χ2n) is 6.85. The van der Waals surface area contributed by atoms with Gasteiger partial charge in [-0.2, -0.15) is 5.10 Å². The molecule has 2 aromatic carbocycles.